The van der Waals surface area contributed by atoms with Crippen LogP contribution in [-0.2, 0) is 9.59 Å². The molecule has 1 fully saturated rings. The van der Waals surface area contributed by atoms with E-state index < -0.39 is 51.8 Å². The van der Waals surface area contributed by atoms with E-state index in [9.17, 15) is 27.6 Å². The molecule has 2 unspecified atom stereocenters. The van der Waals surface area contributed by atoms with Gasteiger partial charge >= 0.3 is 6.43 Å². The van der Waals surface area contributed by atoms with Crippen LogP contribution in [0.1, 0.15) is 21.8 Å². The number of halogens is 8. The first-order chi connectivity index (χ1) is 18.3. The highest BCUT2D eigenvalue weighted by molar-refractivity contribution is 6.53. The van der Waals surface area contributed by atoms with Crippen molar-refractivity contribution in [3.63, 3.8) is 0 Å². The molecule has 3 aromatic carbocycles. The summed E-state index contributed by atoms with van der Waals surface area (Å²) in [7, 11) is 0. The van der Waals surface area contributed by atoms with Crippen LogP contribution in [0.3, 0.4) is 0 Å². The van der Waals surface area contributed by atoms with Crippen molar-refractivity contribution in [2.75, 3.05) is 16.0 Å². The van der Waals surface area contributed by atoms with E-state index in [0.29, 0.717) is 10.6 Å². The zero-order chi connectivity index (χ0) is 28.6. The van der Waals surface area contributed by atoms with Crippen LogP contribution in [0.5, 0.6) is 0 Å². The average Bonchev–Trinajstić information content (AvgIpc) is 3.45. The summed E-state index contributed by atoms with van der Waals surface area (Å²) in [6.07, 6.45) is -3.37. The third-order valence-corrected chi connectivity index (χ3v) is 7.81. The van der Waals surface area contributed by atoms with Gasteiger partial charge in [-0.05, 0) is 54.1 Å². The number of alkyl halides is 4. The number of hydrogen-bond donors (Lipinski definition) is 3. The van der Waals surface area contributed by atoms with E-state index in [1.54, 1.807) is 18.2 Å². The van der Waals surface area contributed by atoms with E-state index in [4.69, 9.17) is 58.0 Å². The summed E-state index contributed by atoms with van der Waals surface area (Å²) in [6.45, 7) is 0. The number of rotatable bonds is 7. The number of amides is 3. The van der Waals surface area contributed by atoms with Gasteiger partial charge in [-0.25, -0.2) is 4.39 Å². The molecule has 0 bridgehead atoms. The molecule has 6 nitrogen and oxygen atoms in total. The Bertz CT molecular complexity index is 1490. The Morgan fingerprint density at radius 2 is 1.49 bits per heavy atom. The lowest BCUT2D eigenvalue weighted by Crippen LogP contribution is -2.22. The highest BCUT2D eigenvalue weighted by Gasteiger charge is 2.67. The fourth-order valence-corrected chi connectivity index (χ4v) is 5.21. The third kappa shape index (κ3) is 6.39. The number of benzene rings is 3. The van der Waals surface area contributed by atoms with Gasteiger partial charge < -0.3 is 16.0 Å². The van der Waals surface area contributed by atoms with Gasteiger partial charge in [0.1, 0.15) is 10.2 Å². The number of carbonyl (C=O) groups is 3. The largest absolute Gasteiger partial charge is 0.326 e. The minimum Gasteiger partial charge on any atom is -0.326 e. The van der Waals surface area contributed by atoms with Gasteiger partial charge in [0.25, 0.3) is 11.8 Å². The van der Waals surface area contributed by atoms with Crippen molar-refractivity contribution < 1.29 is 27.6 Å². The second-order valence-electron chi connectivity index (χ2n) is 8.42. The molecule has 4 rings (SSSR count). The maximum atomic E-state index is 13.7. The van der Waals surface area contributed by atoms with E-state index in [1.165, 1.54) is 18.2 Å². The quantitative estimate of drug-likeness (QED) is 0.231. The van der Waals surface area contributed by atoms with Crippen LogP contribution in [0.4, 0.5) is 30.2 Å². The average molecular weight is 640 g/mol. The van der Waals surface area contributed by atoms with Crippen molar-refractivity contribution >= 4 is 92.8 Å². The Morgan fingerprint density at radius 3 is 2.15 bits per heavy atom. The molecule has 3 aromatic rings. The lowest BCUT2D eigenvalue weighted by atomic mass is 10.1. The van der Waals surface area contributed by atoms with Crippen molar-refractivity contribution in [2.45, 2.75) is 16.7 Å². The molecule has 0 radical (unpaired) electrons. The predicted molar refractivity (Wildman–Crippen MR) is 146 cm³/mol. The normalized spacial score (nSPS) is 17.5. The molecule has 0 aromatic heterocycles. The van der Waals surface area contributed by atoms with Gasteiger partial charge in [0.2, 0.25) is 5.91 Å². The molecule has 0 saturated heterocycles. The maximum Gasteiger partial charge on any atom is 0.315 e. The van der Waals surface area contributed by atoms with Crippen LogP contribution in [0.25, 0.3) is 0 Å². The summed E-state index contributed by atoms with van der Waals surface area (Å²) in [5.74, 6) is -5.33. The molecule has 0 heterocycles. The molecule has 204 valence electrons. The van der Waals surface area contributed by atoms with E-state index >= 15 is 0 Å². The molecular weight excluding hydrogens is 625 g/mol. The Balaban J connectivity index is 1.51. The van der Waals surface area contributed by atoms with Crippen LogP contribution in [0.2, 0.25) is 15.1 Å². The molecule has 1 aliphatic carbocycles. The zero-order valence-corrected chi connectivity index (χ0v) is 23.0. The first-order valence-corrected chi connectivity index (χ1v) is 12.8. The summed E-state index contributed by atoms with van der Waals surface area (Å²) in [5.41, 5.74) is 0.0996. The summed E-state index contributed by atoms with van der Waals surface area (Å²) < 4.78 is 37.6. The summed E-state index contributed by atoms with van der Waals surface area (Å²) in [6, 6.07) is 11.6. The molecule has 14 heteroatoms. The Kier molecular flexibility index (Phi) is 8.58. The van der Waals surface area contributed by atoms with Gasteiger partial charge in [-0.15, -0.1) is 23.2 Å². The minimum atomic E-state index is -3.37. The van der Waals surface area contributed by atoms with E-state index in [1.807, 2.05) is 5.32 Å². The monoisotopic (exact) mass is 637 g/mol. The molecule has 0 spiro atoms. The Morgan fingerprint density at radius 1 is 0.795 bits per heavy atom. The molecule has 1 aliphatic rings. The highest BCUT2D eigenvalue weighted by Crippen LogP contribution is 2.65. The van der Waals surface area contributed by atoms with Gasteiger partial charge in [0.05, 0.1) is 37.9 Å². The molecule has 0 aliphatic heterocycles. The van der Waals surface area contributed by atoms with Gasteiger partial charge in [-0.3, -0.25) is 14.4 Å². The fourth-order valence-electron chi connectivity index (χ4n) is 3.88. The molecule has 39 heavy (non-hydrogen) atoms. The van der Waals surface area contributed by atoms with Crippen molar-refractivity contribution in [1.29, 1.82) is 0 Å². The van der Waals surface area contributed by atoms with Crippen LogP contribution in [-0.4, -0.2) is 28.5 Å². The number of carbonyl (C=O) groups excluding carboxylic acids is 3. The zero-order valence-electron chi connectivity index (χ0n) is 19.2. The Hall–Kier alpha value is -2.69. The van der Waals surface area contributed by atoms with Crippen LogP contribution in [0.15, 0.2) is 54.6 Å². The lowest BCUT2D eigenvalue weighted by molar-refractivity contribution is -0.126. The third-order valence-electron chi connectivity index (χ3n) is 5.80. The van der Waals surface area contributed by atoms with Crippen LogP contribution >= 0.6 is 58.0 Å². The number of anilines is 3. The fraction of sp³-hybridized carbons (Fsp3) is 0.160. The standard InChI is InChI=1S/C25H15Cl5F3N3O3/c26-14-5-3-12(34-23(38)20-19(25(20,29)30)10-1-4-15(27)16(28)7-10)9-13(14)22(37)35-17-6-2-11(31)8-18(17)36-24(39)21(32)33/h1-9,19-21H,(H,34,38)(H,35,37)(H,36,39). The van der Waals surface area contributed by atoms with E-state index in [-0.39, 0.29) is 27.0 Å². The van der Waals surface area contributed by atoms with Crippen molar-refractivity contribution in [3.05, 3.63) is 86.6 Å². The first-order valence-electron chi connectivity index (χ1n) is 10.9. The maximum absolute atomic E-state index is 13.7. The number of hydrogen-bond acceptors (Lipinski definition) is 3. The molecule has 3 amide bonds. The first kappa shape index (κ1) is 29.3. The van der Waals surface area contributed by atoms with Gasteiger partial charge in [-0.2, -0.15) is 8.78 Å². The lowest BCUT2D eigenvalue weighted by Gasteiger charge is -2.14. The minimum absolute atomic E-state index is 0.0186. The van der Waals surface area contributed by atoms with E-state index in [0.717, 1.165) is 18.2 Å². The second kappa shape index (κ2) is 11.4. The second-order valence-corrected chi connectivity index (χ2v) is 11.1. The molecule has 1 saturated carbocycles. The van der Waals surface area contributed by atoms with Crippen molar-refractivity contribution in [1.82, 2.24) is 0 Å². The van der Waals surface area contributed by atoms with Crippen molar-refractivity contribution in [3.8, 4) is 0 Å². The summed E-state index contributed by atoms with van der Waals surface area (Å²) >= 11 is 30.9. The van der Waals surface area contributed by atoms with E-state index in [2.05, 4.69) is 10.6 Å². The summed E-state index contributed by atoms with van der Waals surface area (Å²) in [4.78, 5) is 37.4. The highest BCUT2D eigenvalue weighted by atomic mass is 35.5. The van der Waals surface area contributed by atoms with Gasteiger partial charge in [0, 0.05) is 11.6 Å². The molecule has 3 N–H and O–H groups in total. The smallest absolute Gasteiger partial charge is 0.315 e. The predicted octanol–water partition coefficient (Wildman–Crippen LogP) is 7.77. The topological polar surface area (TPSA) is 87.3 Å². The number of nitrogens with one attached hydrogen (secondary N) is 3. The van der Waals surface area contributed by atoms with Crippen LogP contribution in [0, 0.1) is 11.7 Å². The van der Waals surface area contributed by atoms with Gasteiger partial charge in [0.15, 0.2) is 0 Å². The van der Waals surface area contributed by atoms with Gasteiger partial charge in [-0.1, -0.05) is 40.9 Å². The van der Waals surface area contributed by atoms with Crippen LogP contribution < -0.4 is 16.0 Å². The molecule has 2 atom stereocenters. The van der Waals surface area contributed by atoms with Crippen molar-refractivity contribution in [2.24, 2.45) is 5.92 Å². The summed E-state index contributed by atoms with van der Waals surface area (Å²) in [5, 5.41) is 7.43. The molecular formula is C25H15Cl5F3N3O3. The SMILES string of the molecule is O=C(Nc1ccc(F)cc1NC(=O)C(F)F)c1cc(NC(=O)C2C(c3ccc(Cl)c(Cl)c3)C2(Cl)Cl)ccc1Cl. The Labute approximate surface area is 244 Å².